The second kappa shape index (κ2) is 9.89. The fraction of sp³-hybridized carbons (Fsp3) is 0.222. The molecule has 1 aliphatic heterocycles. The van der Waals surface area contributed by atoms with Gasteiger partial charge in [-0.05, 0) is 60.1 Å². The van der Waals surface area contributed by atoms with E-state index in [2.05, 4.69) is 10.2 Å². The number of carboxylic acid groups (broad SMARTS) is 1. The number of likely N-dealkylation sites (N-methyl/N-ethyl adjacent to an activating group) is 1. The summed E-state index contributed by atoms with van der Waals surface area (Å²) in [5.41, 5.74) is 2.01. The van der Waals surface area contributed by atoms with Crippen LogP contribution >= 0.6 is 0 Å². The highest BCUT2D eigenvalue weighted by molar-refractivity contribution is 6.08. The summed E-state index contributed by atoms with van der Waals surface area (Å²) in [4.78, 5) is 41.3. The second-order valence-corrected chi connectivity index (χ2v) is 8.54. The van der Waals surface area contributed by atoms with Crippen molar-refractivity contribution >= 4 is 39.8 Å². The van der Waals surface area contributed by atoms with Gasteiger partial charge in [-0.2, -0.15) is 0 Å². The van der Waals surface area contributed by atoms with Crippen molar-refractivity contribution in [3.05, 3.63) is 83.4 Å². The Hall–Kier alpha value is -3.97. The lowest BCUT2D eigenvalue weighted by Gasteiger charge is -2.32. The van der Waals surface area contributed by atoms with Crippen LogP contribution in [0.3, 0.4) is 0 Å². The Balaban J connectivity index is 1.56. The van der Waals surface area contributed by atoms with E-state index in [0.29, 0.717) is 18.7 Å². The van der Waals surface area contributed by atoms with Crippen LogP contribution < -0.4 is 5.32 Å². The summed E-state index contributed by atoms with van der Waals surface area (Å²) in [7, 11) is 2.00. The maximum Gasteiger partial charge on any atom is 0.337 e. The monoisotopic (exact) mass is 457 g/mol. The number of anilines is 1. The number of allylic oxidation sites excluding steroid dienone is 1. The van der Waals surface area contributed by atoms with Crippen LogP contribution in [0, 0.1) is 0 Å². The first-order chi connectivity index (χ1) is 16.3. The van der Waals surface area contributed by atoms with E-state index in [-0.39, 0.29) is 17.2 Å². The lowest BCUT2D eigenvalue weighted by molar-refractivity contribution is -0.111. The molecule has 3 aromatic carbocycles. The average Bonchev–Trinajstić information content (AvgIpc) is 2.83. The number of fused-ring (bicyclic) bond motifs is 1. The predicted octanol–water partition coefficient (Wildman–Crippen LogP) is 3.97. The van der Waals surface area contributed by atoms with E-state index < -0.39 is 11.9 Å². The lowest BCUT2D eigenvalue weighted by atomic mass is 10.0. The fourth-order valence-corrected chi connectivity index (χ4v) is 4.04. The van der Waals surface area contributed by atoms with Crippen LogP contribution in [0.25, 0.3) is 16.3 Å². The van der Waals surface area contributed by atoms with Crippen molar-refractivity contribution in [1.29, 1.82) is 0 Å². The molecule has 7 nitrogen and oxygen atoms in total. The topological polar surface area (TPSA) is 90.0 Å². The van der Waals surface area contributed by atoms with Crippen molar-refractivity contribution in [1.82, 2.24) is 9.80 Å². The molecule has 0 atom stereocenters. The highest BCUT2D eigenvalue weighted by Crippen LogP contribution is 2.23. The lowest BCUT2D eigenvalue weighted by Crippen LogP contribution is -2.47. The van der Waals surface area contributed by atoms with Gasteiger partial charge in [-0.1, -0.05) is 36.4 Å². The van der Waals surface area contributed by atoms with Crippen molar-refractivity contribution in [3.63, 3.8) is 0 Å². The quantitative estimate of drug-likeness (QED) is 0.566. The Kier molecular flexibility index (Phi) is 6.75. The molecular weight excluding hydrogens is 430 g/mol. The maximum atomic E-state index is 12.9. The number of benzene rings is 3. The van der Waals surface area contributed by atoms with Gasteiger partial charge >= 0.3 is 5.97 Å². The molecule has 1 aliphatic rings. The number of nitrogens with zero attached hydrogens (tertiary/aromatic N) is 2. The molecule has 0 bridgehead atoms. The number of nitrogens with one attached hydrogen (secondary N) is 1. The Labute approximate surface area is 198 Å². The molecule has 1 saturated heterocycles. The molecular formula is C27H27N3O4. The van der Waals surface area contributed by atoms with E-state index in [1.807, 2.05) is 56.4 Å². The summed E-state index contributed by atoms with van der Waals surface area (Å²) in [5.74, 6) is -1.81. The van der Waals surface area contributed by atoms with Gasteiger partial charge in [-0.15, -0.1) is 0 Å². The Bertz CT molecular complexity index is 1290. The van der Waals surface area contributed by atoms with Gasteiger partial charge in [-0.25, -0.2) is 4.79 Å². The summed E-state index contributed by atoms with van der Waals surface area (Å²) in [6, 6.07) is 18.2. The molecule has 0 saturated carbocycles. The van der Waals surface area contributed by atoms with E-state index >= 15 is 0 Å². The van der Waals surface area contributed by atoms with E-state index in [9.17, 15) is 19.5 Å². The standard InChI is InChI=1S/C27H27N3O4/c1-18(20-8-7-19-5-3-4-6-21(19)16-20)15-25(31)28-24-17-22(9-10-23(24)27(33)34)26(32)30-13-11-29(2)12-14-30/h3-10,15-17H,11-14H2,1-2H3,(H,28,31)(H,33,34). The fourth-order valence-electron chi connectivity index (χ4n) is 4.04. The molecule has 174 valence electrons. The van der Waals surface area contributed by atoms with Gasteiger partial charge < -0.3 is 20.2 Å². The summed E-state index contributed by atoms with van der Waals surface area (Å²) in [5, 5.41) is 14.4. The van der Waals surface area contributed by atoms with Crippen LogP contribution in [0.1, 0.15) is 33.2 Å². The summed E-state index contributed by atoms with van der Waals surface area (Å²) >= 11 is 0. The van der Waals surface area contributed by atoms with Gasteiger partial charge in [0.25, 0.3) is 5.91 Å². The van der Waals surface area contributed by atoms with Gasteiger partial charge in [0.2, 0.25) is 5.91 Å². The molecule has 0 aliphatic carbocycles. The largest absolute Gasteiger partial charge is 0.478 e. The van der Waals surface area contributed by atoms with Crippen LogP contribution in [-0.2, 0) is 4.79 Å². The summed E-state index contributed by atoms with van der Waals surface area (Å²) < 4.78 is 0. The van der Waals surface area contributed by atoms with Crippen molar-refractivity contribution < 1.29 is 19.5 Å². The average molecular weight is 458 g/mol. The highest BCUT2D eigenvalue weighted by Gasteiger charge is 2.22. The number of rotatable bonds is 5. The molecule has 0 radical (unpaired) electrons. The molecule has 2 amide bonds. The smallest absolute Gasteiger partial charge is 0.337 e. The van der Waals surface area contributed by atoms with Gasteiger partial charge in [0.05, 0.1) is 11.3 Å². The zero-order chi connectivity index (χ0) is 24.2. The summed E-state index contributed by atoms with van der Waals surface area (Å²) in [6.45, 7) is 4.59. The van der Waals surface area contributed by atoms with E-state index in [0.717, 1.165) is 35.0 Å². The number of hydrogen-bond acceptors (Lipinski definition) is 4. The van der Waals surface area contributed by atoms with Gasteiger partial charge in [-0.3, -0.25) is 9.59 Å². The molecule has 4 rings (SSSR count). The predicted molar refractivity (Wildman–Crippen MR) is 133 cm³/mol. The SMILES string of the molecule is CC(=CC(=O)Nc1cc(C(=O)N2CCN(C)CC2)ccc1C(=O)O)c1ccc2ccccc2c1. The zero-order valence-corrected chi connectivity index (χ0v) is 19.2. The van der Waals surface area contributed by atoms with Gasteiger partial charge in [0.1, 0.15) is 0 Å². The molecule has 0 unspecified atom stereocenters. The maximum absolute atomic E-state index is 12.9. The number of hydrogen-bond donors (Lipinski definition) is 2. The first-order valence-corrected chi connectivity index (χ1v) is 11.2. The molecule has 0 spiro atoms. The normalized spacial score (nSPS) is 14.8. The van der Waals surface area contributed by atoms with Crippen molar-refractivity contribution in [3.8, 4) is 0 Å². The van der Waals surface area contributed by atoms with Crippen molar-refractivity contribution in [2.45, 2.75) is 6.92 Å². The molecule has 1 heterocycles. The van der Waals surface area contributed by atoms with Crippen LogP contribution in [0.4, 0.5) is 5.69 Å². The minimum Gasteiger partial charge on any atom is -0.478 e. The minimum absolute atomic E-state index is 0.0694. The number of aromatic carboxylic acids is 1. The first kappa shape index (κ1) is 23.2. The zero-order valence-electron chi connectivity index (χ0n) is 19.2. The third-order valence-electron chi connectivity index (χ3n) is 6.10. The van der Waals surface area contributed by atoms with Crippen LogP contribution in [0.2, 0.25) is 0 Å². The van der Waals surface area contributed by atoms with Crippen LogP contribution in [-0.4, -0.2) is 65.9 Å². The number of carbonyl (C=O) groups excluding carboxylic acids is 2. The second-order valence-electron chi connectivity index (χ2n) is 8.54. The van der Waals surface area contributed by atoms with E-state index in [4.69, 9.17) is 0 Å². The van der Waals surface area contributed by atoms with Crippen LogP contribution in [0.5, 0.6) is 0 Å². The highest BCUT2D eigenvalue weighted by atomic mass is 16.4. The molecule has 2 N–H and O–H groups in total. The van der Waals surface area contributed by atoms with E-state index in [1.165, 1.54) is 24.3 Å². The molecule has 1 fully saturated rings. The Morgan fingerprint density at radius 3 is 2.26 bits per heavy atom. The third-order valence-corrected chi connectivity index (χ3v) is 6.10. The molecule has 3 aromatic rings. The minimum atomic E-state index is -1.18. The number of carbonyl (C=O) groups is 3. The number of piperazine rings is 1. The third kappa shape index (κ3) is 5.15. The number of amides is 2. The van der Waals surface area contributed by atoms with Crippen molar-refractivity contribution in [2.24, 2.45) is 0 Å². The molecule has 34 heavy (non-hydrogen) atoms. The van der Waals surface area contributed by atoms with Gasteiger partial charge in [0.15, 0.2) is 0 Å². The Morgan fingerprint density at radius 2 is 1.56 bits per heavy atom. The number of carboxylic acids is 1. The first-order valence-electron chi connectivity index (χ1n) is 11.2. The van der Waals surface area contributed by atoms with E-state index in [1.54, 1.807) is 4.90 Å². The summed E-state index contributed by atoms with van der Waals surface area (Å²) in [6.07, 6.45) is 1.44. The van der Waals surface area contributed by atoms with Crippen molar-refractivity contribution in [2.75, 3.05) is 38.5 Å². The van der Waals surface area contributed by atoms with Gasteiger partial charge in [0, 0.05) is 37.8 Å². The van der Waals surface area contributed by atoms with Crippen LogP contribution in [0.15, 0.2) is 66.7 Å². The molecule has 7 heteroatoms. The Morgan fingerprint density at radius 1 is 0.882 bits per heavy atom. The molecule has 0 aromatic heterocycles.